The standard InChI is InChI=1S/C16H24N2OS/c1-4-14(11-20-3)18(2)16(19)15-9-12-7-5-6-8-13(12)10-17-15/h5-8,14-15,17H,4,9-11H2,1-3H3. The van der Waals surface area contributed by atoms with Crippen molar-refractivity contribution in [2.75, 3.05) is 19.1 Å². The van der Waals surface area contributed by atoms with E-state index in [-0.39, 0.29) is 11.9 Å². The van der Waals surface area contributed by atoms with Crippen molar-refractivity contribution in [1.29, 1.82) is 0 Å². The summed E-state index contributed by atoms with van der Waals surface area (Å²) >= 11 is 1.80. The van der Waals surface area contributed by atoms with Crippen LogP contribution in [0.2, 0.25) is 0 Å². The Balaban J connectivity index is 2.04. The zero-order valence-corrected chi connectivity index (χ0v) is 13.4. The minimum absolute atomic E-state index is 0.0780. The number of thioether (sulfide) groups is 1. The van der Waals surface area contributed by atoms with Crippen LogP contribution < -0.4 is 5.32 Å². The minimum Gasteiger partial charge on any atom is -0.341 e. The summed E-state index contributed by atoms with van der Waals surface area (Å²) < 4.78 is 0. The largest absolute Gasteiger partial charge is 0.341 e. The Bertz CT molecular complexity index is 464. The predicted octanol–water partition coefficient (Wildman–Crippen LogP) is 2.30. The summed E-state index contributed by atoms with van der Waals surface area (Å²) in [7, 11) is 1.94. The van der Waals surface area contributed by atoms with Crippen molar-refractivity contribution >= 4 is 17.7 Å². The van der Waals surface area contributed by atoms with E-state index in [1.807, 2.05) is 11.9 Å². The Morgan fingerprint density at radius 3 is 2.80 bits per heavy atom. The highest BCUT2D eigenvalue weighted by Gasteiger charge is 2.28. The van der Waals surface area contributed by atoms with Gasteiger partial charge in [0.05, 0.1) is 6.04 Å². The van der Waals surface area contributed by atoms with Gasteiger partial charge in [-0.15, -0.1) is 0 Å². The van der Waals surface area contributed by atoms with E-state index in [0.717, 1.165) is 25.1 Å². The molecule has 0 fully saturated rings. The Morgan fingerprint density at radius 1 is 1.45 bits per heavy atom. The highest BCUT2D eigenvalue weighted by Crippen LogP contribution is 2.18. The summed E-state index contributed by atoms with van der Waals surface area (Å²) in [4.78, 5) is 14.6. The molecule has 0 aromatic heterocycles. The third-order valence-electron chi connectivity index (χ3n) is 4.11. The molecule has 2 rings (SSSR count). The Hall–Kier alpha value is -1.00. The summed E-state index contributed by atoms with van der Waals surface area (Å²) in [5.74, 6) is 1.22. The van der Waals surface area contributed by atoms with Crippen LogP contribution in [-0.4, -0.2) is 41.9 Å². The summed E-state index contributed by atoms with van der Waals surface area (Å²) in [5.41, 5.74) is 2.62. The lowest BCUT2D eigenvalue weighted by Gasteiger charge is -2.33. The van der Waals surface area contributed by atoms with E-state index in [0.29, 0.717) is 6.04 Å². The van der Waals surface area contributed by atoms with Crippen molar-refractivity contribution in [3.63, 3.8) is 0 Å². The average molecular weight is 292 g/mol. The second kappa shape index (κ2) is 7.14. The first-order chi connectivity index (χ1) is 9.67. The number of rotatable bonds is 5. The van der Waals surface area contributed by atoms with Gasteiger partial charge >= 0.3 is 0 Å². The fourth-order valence-electron chi connectivity index (χ4n) is 2.75. The van der Waals surface area contributed by atoms with Crippen LogP contribution in [0.25, 0.3) is 0 Å². The molecule has 4 heteroatoms. The van der Waals surface area contributed by atoms with E-state index < -0.39 is 0 Å². The molecule has 1 heterocycles. The van der Waals surface area contributed by atoms with Gasteiger partial charge in [-0.05, 0) is 30.2 Å². The fourth-order valence-corrected chi connectivity index (χ4v) is 3.59. The molecular formula is C16H24N2OS. The zero-order chi connectivity index (χ0) is 14.5. The number of fused-ring (bicyclic) bond motifs is 1. The first-order valence-electron chi connectivity index (χ1n) is 7.23. The number of carbonyl (C=O) groups is 1. The molecule has 0 saturated heterocycles. The van der Waals surface area contributed by atoms with E-state index in [1.165, 1.54) is 11.1 Å². The maximum Gasteiger partial charge on any atom is 0.240 e. The summed E-state index contributed by atoms with van der Waals surface area (Å²) in [6.45, 7) is 2.94. The van der Waals surface area contributed by atoms with Gasteiger partial charge < -0.3 is 10.2 Å². The molecule has 2 atom stereocenters. The first-order valence-corrected chi connectivity index (χ1v) is 8.62. The number of carbonyl (C=O) groups excluding carboxylic acids is 1. The molecule has 0 spiro atoms. The van der Waals surface area contributed by atoms with Crippen LogP contribution in [0.15, 0.2) is 24.3 Å². The monoisotopic (exact) mass is 292 g/mol. The molecule has 0 saturated carbocycles. The molecule has 110 valence electrons. The lowest BCUT2D eigenvalue weighted by molar-refractivity contribution is -0.134. The SMILES string of the molecule is CCC(CSC)N(C)C(=O)C1Cc2ccccc2CN1. The lowest BCUT2D eigenvalue weighted by atomic mass is 9.95. The van der Waals surface area contributed by atoms with Gasteiger partial charge in [-0.1, -0.05) is 31.2 Å². The molecule has 2 unspecified atom stereocenters. The van der Waals surface area contributed by atoms with Crippen LogP contribution in [0.4, 0.5) is 0 Å². The number of hydrogen-bond donors (Lipinski definition) is 1. The van der Waals surface area contributed by atoms with Crippen molar-refractivity contribution in [3.8, 4) is 0 Å². The van der Waals surface area contributed by atoms with Crippen molar-refractivity contribution in [1.82, 2.24) is 10.2 Å². The van der Waals surface area contributed by atoms with Gasteiger partial charge in [0.25, 0.3) is 0 Å². The third kappa shape index (κ3) is 3.36. The molecule has 0 aliphatic carbocycles. The summed E-state index contributed by atoms with van der Waals surface area (Å²) in [6.07, 6.45) is 3.90. The van der Waals surface area contributed by atoms with Crippen LogP contribution in [0.1, 0.15) is 24.5 Å². The van der Waals surface area contributed by atoms with E-state index in [9.17, 15) is 4.79 Å². The summed E-state index contributed by atoms with van der Waals surface area (Å²) in [6, 6.07) is 8.63. The van der Waals surface area contributed by atoms with E-state index in [2.05, 4.69) is 42.8 Å². The Morgan fingerprint density at radius 2 is 2.15 bits per heavy atom. The Labute approximate surface area is 126 Å². The van der Waals surface area contributed by atoms with Gasteiger partial charge in [-0.3, -0.25) is 4.79 Å². The second-order valence-electron chi connectivity index (χ2n) is 5.37. The minimum atomic E-state index is -0.0780. The van der Waals surface area contributed by atoms with Crippen molar-refractivity contribution in [2.24, 2.45) is 0 Å². The second-order valence-corrected chi connectivity index (χ2v) is 6.28. The third-order valence-corrected chi connectivity index (χ3v) is 4.82. The maximum atomic E-state index is 12.6. The first kappa shape index (κ1) is 15.4. The van der Waals surface area contributed by atoms with Gasteiger partial charge in [-0.2, -0.15) is 11.8 Å². The number of likely N-dealkylation sites (N-methyl/N-ethyl adjacent to an activating group) is 1. The molecule has 3 nitrogen and oxygen atoms in total. The van der Waals surface area contributed by atoms with Crippen LogP contribution in [0, 0.1) is 0 Å². The molecule has 20 heavy (non-hydrogen) atoms. The average Bonchev–Trinajstić information content (AvgIpc) is 2.50. The van der Waals surface area contributed by atoms with Crippen molar-refractivity contribution in [2.45, 2.75) is 38.4 Å². The maximum absolute atomic E-state index is 12.6. The number of benzene rings is 1. The highest BCUT2D eigenvalue weighted by molar-refractivity contribution is 7.98. The predicted molar refractivity (Wildman–Crippen MR) is 86.0 cm³/mol. The van der Waals surface area contributed by atoms with Gasteiger partial charge in [0.15, 0.2) is 0 Å². The van der Waals surface area contributed by atoms with E-state index in [1.54, 1.807) is 11.8 Å². The highest BCUT2D eigenvalue weighted by atomic mass is 32.2. The van der Waals surface area contributed by atoms with E-state index >= 15 is 0 Å². The van der Waals surface area contributed by atoms with Crippen LogP contribution in [0.3, 0.4) is 0 Å². The number of hydrogen-bond acceptors (Lipinski definition) is 3. The lowest BCUT2D eigenvalue weighted by Crippen LogP contribution is -2.51. The molecule has 1 amide bonds. The normalized spacial score (nSPS) is 19.2. The number of nitrogens with zero attached hydrogens (tertiary/aromatic N) is 1. The van der Waals surface area contributed by atoms with Crippen molar-refractivity contribution < 1.29 is 4.79 Å². The van der Waals surface area contributed by atoms with Crippen molar-refractivity contribution in [3.05, 3.63) is 35.4 Å². The number of amides is 1. The smallest absolute Gasteiger partial charge is 0.240 e. The molecule has 1 aliphatic rings. The summed E-state index contributed by atoms with van der Waals surface area (Å²) in [5, 5.41) is 3.38. The number of nitrogens with one attached hydrogen (secondary N) is 1. The van der Waals surface area contributed by atoms with Crippen LogP contribution in [-0.2, 0) is 17.8 Å². The van der Waals surface area contributed by atoms with Gasteiger partial charge in [0, 0.05) is 25.4 Å². The quantitative estimate of drug-likeness (QED) is 0.904. The molecular weight excluding hydrogens is 268 g/mol. The van der Waals surface area contributed by atoms with E-state index in [4.69, 9.17) is 0 Å². The molecule has 0 radical (unpaired) electrons. The molecule has 1 aliphatic heterocycles. The van der Waals surface area contributed by atoms with Gasteiger partial charge in [0.1, 0.15) is 0 Å². The molecule has 1 aromatic carbocycles. The fraction of sp³-hybridized carbons (Fsp3) is 0.562. The molecule has 1 N–H and O–H groups in total. The van der Waals surface area contributed by atoms with Crippen LogP contribution in [0.5, 0.6) is 0 Å². The Kier molecular flexibility index (Phi) is 5.49. The topological polar surface area (TPSA) is 32.3 Å². The van der Waals surface area contributed by atoms with Gasteiger partial charge in [-0.25, -0.2) is 0 Å². The zero-order valence-electron chi connectivity index (χ0n) is 12.6. The van der Waals surface area contributed by atoms with Gasteiger partial charge in [0.2, 0.25) is 5.91 Å². The molecule has 0 bridgehead atoms. The van der Waals surface area contributed by atoms with Crippen LogP contribution >= 0.6 is 11.8 Å². The molecule has 1 aromatic rings.